The number of phenols is 2. The van der Waals surface area contributed by atoms with Crippen molar-refractivity contribution in [2.45, 2.75) is 59.8 Å². The van der Waals surface area contributed by atoms with Crippen molar-refractivity contribution in [2.75, 3.05) is 0 Å². The molecule has 0 aromatic heterocycles. The van der Waals surface area contributed by atoms with Crippen molar-refractivity contribution in [3.05, 3.63) is 33.4 Å². The number of aromatic hydroxyl groups is 2. The molecule has 0 unspecified atom stereocenters. The molecule has 1 aromatic rings. The molecule has 4 heteroatoms. The summed E-state index contributed by atoms with van der Waals surface area (Å²) < 4.78 is 0. The molecule has 0 spiro atoms. The van der Waals surface area contributed by atoms with Crippen LogP contribution in [0.15, 0.2) is 11.6 Å². The molecule has 0 amide bonds. The van der Waals surface area contributed by atoms with Gasteiger partial charge in [0, 0.05) is 5.56 Å². The van der Waals surface area contributed by atoms with E-state index in [0.717, 1.165) is 12.8 Å². The largest absolute Gasteiger partial charge is 0.507 e. The fraction of sp³-hybridized carbons (Fsp3) is 0.500. The summed E-state index contributed by atoms with van der Waals surface area (Å²) in [6.45, 7) is 7.19. The van der Waals surface area contributed by atoms with Crippen LogP contribution in [0.5, 0.6) is 11.5 Å². The number of rotatable bonds is 7. The maximum atomic E-state index is 11.7. The van der Waals surface area contributed by atoms with Gasteiger partial charge in [-0.1, -0.05) is 43.0 Å². The first-order chi connectivity index (χ1) is 10.3. The van der Waals surface area contributed by atoms with Crippen LogP contribution in [0.25, 0.3) is 0 Å². The van der Waals surface area contributed by atoms with Crippen LogP contribution in [-0.2, 0) is 6.42 Å². The van der Waals surface area contributed by atoms with Gasteiger partial charge in [0.25, 0.3) is 0 Å². The lowest BCUT2D eigenvalue weighted by atomic mass is 9.96. The summed E-state index contributed by atoms with van der Waals surface area (Å²) in [5, 5.41) is 20.6. The summed E-state index contributed by atoms with van der Waals surface area (Å²) >= 11 is 6.09. The Morgan fingerprint density at radius 1 is 1.18 bits per heavy atom. The zero-order valence-corrected chi connectivity index (χ0v) is 14.5. The molecule has 22 heavy (non-hydrogen) atoms. The van der Waals surface area contributed by atoms with Crippen molar-refractivity contribution in [1.82, 2.24) is 0 Å². The molecule has 0 atom stereocenters. The molecule has 0 aliphatic heterocycles. The number of ketones is 1. The van der Waals surface area contributed by atoms with Gasteiger partial charge in [-0.15, -0.1) is 0 Å². The van der Waals surface area contributed by atoms with E-state index in [1.807, 2.05) is 13.0 Å². The maximum Gasteiger partial charge on any atom is 0.163 e. The van der Waals surface area contributed by atoms with Gasteiger partial charge in [-0.2, -0.15) is 0 Å². The summed E-state index contributed by atoms with van der Waals surface area (Å²) in [6, 6.07) is 0. The number of allylic oxidation sites excluding steroid dienone is 2. The fourth-order valence-corrected chi connectivity index (χ4v) is 2.73. The molecule has 0 fully saturated rings. The topological polar surface area (TPSA) is 57.5 Å². The zero-order valence-electron chi connectivity index (χ0n) is 13.8. The highest BCUT2D eigenvalue weighted by atomic mass is 35.5. The number of hydrogen-bond donors (Lipinski definition) is 2. The molecule has 0 aliphatic rings. The van der Waals surface area contributed by atoms with E-state index in [1.54, 1.807) is 6.92 Å². The van der Waals surface area contributed by atoms with Crippen LogP contribution in [0.1, 0.15) is 67.9 Å². The van der Waals surface area contributed by atoms with Crippen LogP contribution in [0.4, 0.5) is 0 Å². The molecule has 0 aliphatic carbocycles. The highest BCUT2D eigenvalue weighted by Gasteiger charge is 2.22. The highest BCUT2D eigenvalue weighted by molar-refractivity contribution is 6.33. The molecule has 1 aromatic carbocycles. The number of benzene rings is 1. The molecule has 0 heterocycles. The van der Waals surface area contributed by atoms with E-state index in [9.17, 15) is 15.0 Å². The Hall–Kier alpha value is -1.48. The standard InChI is InChI=1S/C18H25ClO3/c1-5-6-7-8-11(2)9-10-14-17(21)15(13(4)20)12(3)16(19)18(14)22/h9,21-22H,5-8,10H2,1-4H3/b11-9+. The first kappa shape index (κ1) is 18.6. The first-order valence-corrected chi connectivity index (χ1v) is 8.08. The second kappa shape index (κ2) is 8.23. The number of carbonyl (C=O) groups excluding carboxylic acids is 1. The second-order valence-electron chi connectivity index (χ2n) is 5.76. The molecular formula is C18H25ClO3. The third-order valence-corrected chi connectivity index (χ3v) is 4.36. The van der Waals surface area contributed by atoms with E-state index < -0.39 is 0 Å². The van der Waals surface area contributed by atoms with Crippen molar-refractivity contribution >= 4 is 17.4 Å². The molecule has 0 saturated heterocycles. The SMILES string of the molecule is CCCCC/C(C)=C/Cc1c(O)c(Cl)c(C)c(C(C)=O)c1O. The van der Waals surface area contributed by atoms with Gasteiger partial charge in [0.2, 0.25) is 0 Å². The van der Waals surface area contributed by atoms with Crippen LogP contribution in [0.3, 0.4) is 0 Å². The Balaban J connectivity index is 3.10. The Bertz CT molecular complexity index is 589. The smallest absolute Gasteiger partial charge is 0.163 e. The van der Waals surface area contributed by atoms with E-state index in [2.05, 4.69) is 6.92 Å². The number of phenolic OH excluding ortho intramolecular Hbond substituents is 2. The van der Waals surface area contributed by atoms with Crippen LogP contribution in [0.2, 0.25) is 5.02 Å². The molecule has 0 bridgehead atoms. The van der Waals surface area contributed by atoms with Gasteiger partial charge in [0.1, 0.15) is 11.5 Å². The van der Waals surface area contributed by atoms with Crippen LogP contribution < -0.4 is 0 Å². The van der Waals surface area contributed by atoms with Gasteiger partial charge in [-0.05, 0) is 45.6 Å². The summed E-state index contributed by atoms with van der Waals surface area (Å²) in [7, 11) is 0. The molecule has 0 saturated carbocycles. The third-order valence-electron chi connectivity index (χ3n) is 3.90. The number of unbranched alkanes of at least 4 members (excludes halogenated alkanes) is 2. The average molecular weight is 325 g/mol. The van der Waals surface area contributed by atoms with E-state index >= 15 is 0 Å². The summed E-state index contributed by atoms with van der Waals surface area (Å²) in [5.41, 5.74) is 2.12. The van der Waals surface area contributed by atoms with Gasteiger partial charge in [-0.3, -0.25) is 4.79 Å². The third kappa shape index (κ3) is 4.26. The number of hydrogen-bond acceptors (Lipinski definition) is 3. The van der Waals surface area contributed by atoms with Gasteiger partial charge in [0.05, 0.1) is 10.6 Å². The quantitative estimate of drug-likeness (QED) is 0.405. The van der Waals surface area contributed by atoms with Gasteiger partial charge < -0.3 is 10.2 Å². The number of halogens is 1. The summed E-state index contributed by atoms with van der Waals surface area (Å²) in [6.07, 6.45) is 6.81. The highest BCUT2D eigenvalue weighted by Crippen LogP contribution is 2.41. The van der Waals surface area contributed by atoms with E-state index in [0.29, 0.717) is 17.5 Å². The normalized spacial score (nSPS) is 11.8. The molecule has 3 nitrogen and oxygen atoms in total. The molecule has 0 radical (unpaired) electrons. The predicted octanol–water partition coefficient (Wildman–Crippen LogP) is 5.33. The fourth-order valence-electron chi connectivity index (χ4n) is 2.52. The second-order valence-corrected chi connectivity index (χ2v) is 6.14. The Morgan fingerprint density at radius 2 is 1.82 bits per heavy atom. The van der Waals surface area contributed by atoms with Crippen molar-refractivity contribution < 1.29 is 15.0 Å². The lowest BCUT2D eigenvalue weighted by Crippen LogP contribution is -2.01. The van der Waals surface area contributed by atoms with Crippen molar-refractivity contribution in [1.29, 1.82) is 0 Å². The van der Waals surface area contributed by atoms with Crippen LogP contribution in [-0.4, -0.2) is 16.0 Å². The van der Waals surface area contributed by atoms with Gasteiger partial charge in [-0.25, -0.2) is 0 Å². The Kier molecular flexibility index (Phi) is 6.95. The minimum Gasteiger partial charge on any atom is -0.507 e. The van der Waals surface area contributed by atoms with Gasteiger partial charge in [0.15, 0.2) is 5.78 Å². The first-order valence-electron chi connectivity index (χ1n) is 7.70. The molecule has 1 rings (SSSR count). The van der Waals surface area contributed by atoms with Crippen molar-refractivity contribution in [2.24, 2.45) is 0 Å². The predicted molar refractivity (Wildman–Crippen MR) is 91.1 cm³/mol. The van der Waals surface area contributed by atoms with E-state index in [4.69, 9.17) is 11.6 Å². The van der Waals surface area contributed by atoms with Crippen molar-refractivity contribution in [3.8, 4) is 11.5 Å². The van der Waals surface area contributed by atoms with E-state index in [1.165, 1.54) is 25.3 Å². The lowest BCUT2D eigenvalue weighted by molar-refractivity contribution is 0.101. The van der Waals surface area contributed by atoms with E-state index in [-0.39, 0.29) is 27.9 Å². The minimum atomic E-state index is -0.262. The Morgan fingerprint density at radius 3 is 2.36 bits per heavy atom. The number of carbonyl (C=O) groups is 1. The van der Waals surface area contributed by atoms with Crippen LogP contribution >= 0.6 is 11.6 Å². The summed E-state index contributed by atoms with van der Waals surface area (Å²) in [5.74, 6) is -0.564. The lowest BCUT2D eigenvalue weighted by Gasteiger charge is -2.14. The van der Waals surface area contributed by atoms with Crippen LogP contribution in [0, 0.1) is 6.92 Å². The maximum absolute atomic E-state index is 11.7. The average Bonchev–Trinajstić information content (AvgIpc) is 2.45. The molecular weight excluding hydrogens is 300 g/mol. The monoisotopic (exact) mass is 324 g/mol. The number of Topliss-reactive ketones (excluding diaryl/α,β-unsaturated/α-hetero) is 1. The van der Waals surface area contributed by atoms with Gasteiger partial charge >= 0.3 is 0 Å². The minimum absolute atomic E-state index is 0.134. The van der Waals surface area contributed by atoms with Crippen molar-refractivity contribution in [3.63, 3.8) is 0 Å². The zero-order chi connectivity index (χ0) is 16.9. The summed E-state index contributed by atoms with van der Waals surface area (Å²) in [4.78, 5) is 11.7. The molecule has 2 N–H and O–H groups in total. The molecule has 122 valence electrons. The Labute approximate surface area is 137 Å².